The third kappa shape index (κ3) is 5.02. The molecule has 1 heterocycles. The van der Waals surface area contributed by atoms with Gasteiger partial charge in [0.25, 0.3) is 6.26 Å². The number of carbonyl (C=O) groups is 2. The number of benzene rings is 2. The molecular weight excluding hydrogens is 392 g/mol. The Labute approximate surface area is 173 Å². The van der Waals surface area contributed by atoms with Gasteiger partial charge in [-0.1, -0.05) is 48.0 Å². The molecule has 0 aromatic heterocycles. The van der Waals surface area contributed by atoms with Crippen LogP contribution in [-0.2, 0) is 19.1 Å². The average Bonchev–Trinajstić information content (AvgIpc) is 2.85. The van der Waals surface area contributed by atoms with E-state index in [0.717, 1.165) is 35.3 Å². The Morgan fingerprint density at radius 1 is 1.10 bits per heavy atom. The van der Waals surface area contributed by atoms with Crippen molar-refractivity contribution in [1.29, 1.82) is 5.26 Å². The Kier molecular flexibility index (Phi) is 6.65. The lowest BCUT2D eigenvalue weighted by molar-refractivity contribution is -0.153. The fourth-order valence-electron chi connectivity index (χ4n) is 3.46. The van der Waals surface area contributed by atoms with E-state index >= 15 is 0 Å². The predicted molar refractivity (Wildman–Crippen MR) is 107 cm³/mol. The summed E-state index contributed by atoms with van der Waals surface area (Å²) in [4.78, 5) is 25.4. The lowest BCUT2D eigenvalue weighted by atomic mass is 9.86. The van der Waals surface area contributed by atoms with Crippen molar-refractivity contribution in [1.82, 2.24) is 4.90 Å². The van der Waals surface area contributed by atoms with Crippen LogP contribution >= 0.6 is 11.6 Å². The molecule has 2 aromatic carbocycles. The van der Waals surface area contributed by atoms with E-state index in [-0.39, 0.29) is 5.92 Å². The molecule has 1 aliphatic heterocycles. The maximum absolute atomic E-state index is 12.2. The van der Waals surface area contributed by atoms with E-state index in [2.05, 4.69) is 4.74 Å². The van der Waals surface area contributed by atoms with E-state index in [0.29, 0.717) is 11.6 Å². The van der Waals surface area contributed by atoms with Gasteiger partial charge < -0.3 is 9.47 Å². The fourth-order valence-corrected chi connectivity index (χ4v) is 3.58. The van der Waals surface area contributed by atoms with E-state index in [1.54, 1.807) is 0 Å². The standard InChI is InChI=1S/C22H19ClN2O4/c1-25-13-12-17(15-6-8-16(23)9-7-15)18-4-2-3-5-19(18)22(25)29-21(27)11-10-20(26)28-14-24/h2-11,17,22H,12-13H2,1H3/b11-10-. The van der Waals surface area contributed by atoms with Crippen molar-refractivity contribution < 1.29 is 19.1 Å². The smallest absolute Gasteiger partial charge is 0.346 e. The highest BCUT2D eigenvalue weighted by Gasteiger charge is 2.31. The average molecular weight is 411 g/mol. The first kappa shape index (κ1) is 20.6. The van der Waals surface area contributed by atoms with Gasteiger partial charge in [-0.2, -0.15) is 0 Å². The maximum atomic E-state index is 12.2. The molecule has 2 unspecified atom stereocenters. The third-order valence-electron chi connectivity index (χ3n) is 4.81. The highest BCUT2D eigenvalue weighted by Crippen LogP contribution is 2.38. The molecule has 1 aliphatic rings. The molecule has 0 amide bonds. The lowest BCUT2D eigenvalue weighted by Crippen LogP contribution is -2.28. The zero-order valence-corrected chi connectivity index (χ0v) is 16.5. The van der Waals surface area contributed by atoms with Crippen molar-refractivity contribution in [3.63, 3.8) is 0 Å². The molecule has 2 atom stereocenters. The number of fused-ring (bicyclic) bond motifs is 1. The van der Waals surface area contributed by atoms with Crippen LogP contribution in [0.3, 0.4) is 0 Å². The Balaban J connectivity index is 1.88. The first-order chi connectivity index (χ1) is 14.0. The zero-order chi connectivity index (χ0) is 20.8. The molecule has 0 saturated carbocycles. The Morgan fingerprint density at radius 2 is 1.76 bits per heavy atom. The molecule has 0 radical (unpaired) electrons. The van der Waals surface area contributed by atoms with Crippen molar-refractivity contribution in [3.8, 4) is 6.26 Å². The summed E-state index contributed by atoms with van der Waals surface area (Å²) in [5.41, 5.74) is 3.10. The van der Waals surface area contributed by atoms with Gasteiger partial charge in [-0.05, 0) is 36.7 Å². The second-order valence-electron chi connectivity index (χ2n) is 6.64. The molecule has 0 bridgehead atoms. The van der Waals surface area contributed by atoms with Gasteiger partial charge in [-0.15, -0.1) is 5.26 Å². The topological polar surface area (TPSA) is 79.6 Å². The zero-order valence-electron chi connectivity index (χ0n) is 15.7. The van der Waals surface area contributed by atoms with Crippen LogP contribution in [0.25, 0.3) is 0 Å². The van der Waals surface area contributed by atoms with Gasteiger partial charge in [0.1, 0.15) is 0 Å². The van der Waals surface area contributed by atoms with Gasteiger partial charge in [-0.25, -0.2) is 9.59 Å². The molecular formula is C22H19ClN2O4. The van der Waals surface area contributed by atoms with Gasteiger partial charge in [0.2, 0.25) is 0 Å². The van der Waals surface area contributed by atoms with Crippen LogP contribution < -0.4 is 0 Å². The first-order valence-electron chi connectivity index (χ1n) is 9.02. The molecule has 6 nitrogen and oxygen atoms in total. The molecule has 0 spiro atoms. The number of hydrogen-bond acceptors (Lipinski definition) is 6. The fraction of sp³-hybridized carbons (Fsp3) is 0.227. The summed E-state index contributed by atoms with van der Waals surface area (Å²) in [7, 11) is 1.88. The SMILES string of the molecule is CN1CCC(c2ccc(Cl)cc2)c2ccccc2C1OC(=O)/C=C\C(=O)OC#N. The summed E-state index contributed by atoms with van der Waals surface area (Å²) in [5.74, 6) is -1.49. The van der Waals surface area contributed by atoms with E-state index in [1.165, 1.54) is 6.26 Å². The van der Waals surface area contributed by atoms with Crippen LogP contribution in [0.4, 0.5) is 0 Å². The number of esters is 2. The van der Waals surface area contributed by atoms with Crippen LogP contribution in [0.15, 0.2) is 60.7 Å². The maximum Gasteiger partial charge on any atom is 0.346 e. The molecule has 7 heteroatoms. The highest BCUT2D eigenvalue weighted by atomic mass is 35.5. The molecule has 2 aromatic rings. The van der Waals surface area contributed by atoms with Crippen LogP contribution in [-0.4, -0.2) is 30.4 Å². The summed E-state index contributed by atoms with van der Waals surface area (Å²) in [6.45, 7) is 0.695. The van der Waals surface area contributed by atoms with Crippen molar-refractivity contribution in [2.24, 2.45) is 0 Å². The molecule has 3 rings (SSSR count). The summed E-state index contributed by atoms with van der Waals surface area (Å²) in [6.07, 6.45) is 3.31. The summed E-state index contributed by atoms with van der Waals surface area (Å²) in [6, 6.07) is 15.6. The van der Waals surface area contributed by atoms with Crippen LogP contribution in [0.2, 0.25) is 5.02 Å². The van der Waals surface area contributed by atoms with Crippen LogP contribution in [0, 0.1) is 11.5 Å². The number of halogens is 1. The Bertz CT molecular complexity index is 966. The van der Waals surface area contributed by atoms with Crippen LogP contribution in [0.5, 0.6) is 0 Å². The number of nitrogens with zero attached hydrogens (tertiary/aromatic N) is 2. The van der Waals surface area contributed by atoms with Crippen molar-refractivity contribution >= 4 is 23.5 Å². The molecule has 148 valence electrons. The second kappa shape index (κ2) is 9.37. The lowest BCUT2D eigenvalue weighted by Gasteiger charge is -2.26. The highest BCUT2D eigenvalue weighted by molar-refractivity contribution is 6.30. The first-order valence-corrected chi connectivity index (χ1v) is 9.40. The van der Waals surface area contributed by atoms with E-state index < -0.39 is 18.2 Å². The Hall–Kier alpha value is -3.14. The second-order valence-corrected chi connectivity index (χ2v) is 7.07. The van der Waals surface area contributed by atoms with Crippen molar-refractivity contribution in [2.75, 3.05) is 13.6 Å². The van der Waals surface area contributed by atoms with Gasteiger partial charge in [0.05, 0.1) is 0 Å². The van der Waals surface area contributed by atoms with Gasteiger partial charge in [0, 0.05) is 35.2 Å². The normalized spacial score (nSPS) is 19.1. The minimum Gasteiger partial charge on any atom is -0.439 e. The molecule has 0 saturated heterocycles. The van der Waals surface area contributed by atoms with Gasteiger partial charge >= 0.3 is 11.9 Å². The number of ether oxygens (including phenoxy) is 2. The van der Waals surface area contributed by atoms with E-state index in [4.69, 9.17) is 21.6 Å². The molecule has 0 N–H and O–H groups in total. The summed E-state index contributed by atoms with van der Waals surface area (Å²) in [5, 5.41) is 9.00. The van der Waals surface area contributed by atoms with E-state index in [1.807, 2.05) is 60.5 Å². The number of nitriles is 1. The van der Waals surface area contributed by atoms with E-state index in [9.17, 15) is 9.59 Å². The summed E-state index contributed by atoms with van der Waals surface area (Å²) >= 11 is 6.04. The largest absolute Gasteiger partial charge is 0.439 e. The van der Waals surface area contributed by atoms with Crippen molar-refractivity contribution in [2.45, 2.75) is 18.6 Å². The van der Waals surface area contributed by atoms with Gasteiger partial charge in [-0.3, -0.25) is 4.90 Å². The summed E-state index contributed by atoms with van der Waals surface area (Å²) < 4.78 is 9.73. The molecule has 29 heavy (non-hydrogen) atoms. The number of carbonyl (C=O) groups excluding carboxylic acids is 2. The minimum atomic E-state index is -0.929. The van der Waals surface area contributed by atoms with Crippen LogP contribution in [0.1, 0.15) is 35.3 Å². The monoisotopic (exact) mass is 410 g/mol. The van der Waals surface area contributed by atoms with Crippen molar-refractivity contribution in [3.05, 3.63) is 82.4 Å². The quantitative estimate of drug-likeness (QED) is 0.431. The number of rotatable bonds is 4. The predicted octanol–water partition coefficient (Wildman–Crippen LogP) is 3.93. The number of hydrogen-bond donors (Lipinski definition) is 0. The molecule has 0 fully saturated rings. The van der Waals surface area contributed by atoms with Gasteiger partial charge in [0.15, 0.2) is 6.23 Å². The third-order valence-corrected chi connectivity index (χ3v) is 5.06. The molecule has 0 aliphatic carbocycles. The minimum absolute atomic E-state index is 0.135. The Morgan fingerprint density at radius 3 is 2.45 bits per heavy atom.